The second kappa shape index (κ2) is 13.3. The number of carbonyl (C=O) groups excluding carboxylic acids is 3. The zero-order valence-corrected chi connectivity index (χ0v) is 28.8. The van der Waals surface area contributed by atoms with Crippen LogP contribution in [0.25, 0.3) is 0 Å². The fourth-order valence-electron chi connectivity index (χ4n) is 9.87. The van der Waals surface area contributed by atoms with E-state index in [1.807, 2.05) is 13.0 Å². The van der Waals surface area contributed by atoms with Gasteiger partial charge in [0.05, 0.1) is 25.9 Å². The normalized spacial score (nSPS) is 37.4. The Morgan fingerprint density at radius 1 is 1.11 bits per heavy atom. The lowest BCUT2D eigenvalue weighted by atomic mass is 9.44. The number of imide groups is 1. The summed E-state index contributed by atoms with van der Waals surface area (Å²) >= 11 is 0. The van der Waals surface area contributed by atoms with Gasteiger partial charge in [-0.1, -0.05) is 33.8 Å². The number of ether oxygens (including phenoxy) is 3. The lowest BCUT2D eigenvalue weighted by Gasteiger charge is -2.61. The average molecular weight is 651 g/mol. The van der Waals surface area contributed by atoms with E-state index in [-0.39, 0.29) is 41.4 Å². The van der Waals surface area contributed by atoms with E-state index in [4.69, 9.17) is 14.2 Å². The van der Waals surface area contributed by atoms with E-state index in [0.717, 1.165) is 76.3 Å². The van der Waals surface area contributed by atoms with E-state index in [1.165, 1.54) is 4.90 Å². The third-order valence-electron chi connectivity index (χ3n) is 13.2. The van der Waals surface area contributed by atoms with Crippen molar-refractivity contribution in [1.29, 1.82) is 0 Å². The molecule has 0 spiro atoms. The number of unbranched alkanes of at least 4 members (excludes halogenated alkanes) is 1. The van der Waals surface area contributed by atoms with Gasteiger partial charge in [0, 0.05) is 48.4 Å². The van der Waals surface area contributed by atoms with Gasteiger partial charge in [0.2, 0.25) is 0 Å². The number of nitrogens with zero attached hydrogens (tertiary/aromatic N) is 2. The highest BCUT2D eigenvalue weighted by atomic mass is 16.6. The summed E-state index contributed by atoms with van der Waals surface area (Å²) in [6.45, 7) is 17.9. The smallest absolute Gasteiger partial charge is 0.417 e. The fraction of sp³-hybridized carbons (Fsp3) is 0.711. The van der Waals surface area contributed by atoms with Crippen LogP contribution in [0.4, 0.5) is 4.79 Å². The number of rotatable bonds is 8. The van der Waals surface area contributed by atoms with Gasteiger partial charge < -0.3 is 19.3 Å². The molecule has 1 aromatic carbocycles. The Hall–Kier alpha value is -2.75. The largest absolute Gasteiger partial charge is 0.494 e. The summed E-state index contributed by atoms with van der Waals surface area (Å²) in [5.41, 5.74) is -0.376. The van der Waals surface area contributed by atoms with Crippen LogP contribution in [-0.2, 0) is 20.7 Å². The standard InChI is InChI=1S/C38H54N2O7/c1-6-36(4)24-31(37(5)25(2)11-14-38(26(3)33(36)42)15-12-30(41)32(37)38)47-35(44)40-17-13-27-23-28(9-10-29(27)34(40)43)46-20-8-7-16-39-18-21-45-22-19-39/h6,9-10,23,25-26,31-33,42H,1,7-8,11-22,24H2,2-5H3/t25-,26+,31-,32+,33+,36-,37+,38+/m1/s1. The molecule has 3 aliphatic carbocycles. The quantitative estimate of drug-likeness (QED) is 0.283. The topological polar surface area (TPSA) is 106 Å². The number of morpholine rings is 1. The van der Waals surface area contributed by atoms with Crippen molar-refractivity contribution in [3.63, 3.8) is 0 Å². The van der Waals surface area contributed by atoms with Gasteiger partial charge in [0.25, 0.3) is 5.91 Å². The van der Waals surface area contributed by atoms with Gasteiger partial charge in [-0.2, -0.15) is 0 Å². The summed E-state index contributed by atoms with van der Waals surface area (Å²) in [5.74, 6) is 0.258. The van der Waals surface area contributed by atoms with E-state index in [1.54, 1.807) is 18.2 Å². The average Bonchev–Trinajstić information content (AvgIpc) is 3.43. The van der Waals surface area contributed by atoms with Crippen LogP contribution in [0.5, 0.6) is 5.75 Å². The van der Waals surface area contributed by atoms with Crippen molar-refractivity contribution in [1.82, 2.24) is 9.80 Å². The molecule has 2 heterocycles. The summed E-state index contributed by atoms with van der Waals surface area (Å²) in [5, 5.41) is 11.8. The molecule has 0 aromatic heterocycles. The Balaban J connectivity index is 1.16. The predicted octanol–water partition coefficient (Wildman–Crippen LogP) is 5.68. The van der Waals surface area contributed by atoms with E-state index in [2.05, 4.69) is 32.3 Å². The molecule has 5 aliphatic rings. The van der Waals surface area contributed by atoms with Crippen LogP contribution >= 0.6 is 0 Å². The molecule has 3 saturated carbocycles. The van der Waals surface area contributed by atoms with Gasteiger partial charge in [0.1, 0.15) is 17.6 Å². The molecule has 258 valence electrons. The first-order chi connectivity index (χ1) is 22.4. The fourth-order valence-corrected chi connectivity index (χ4v) is 9.87. The van der Waals surface area contributed by atoms with Crippen molar-refractivity contribution >= 4 is 17.8 Å². The van der Waals surface area contributed by atoms with Gasteiger partial charge in [0.15, 0.2) is 0 Å². The molecule has 47 heavy (non-hydrogen) atoms. The van der Waals surface area contributed by atoms with Crippen LogP contribution < -0.4 is 4.74 Å². The Morgan fingerprint density at radius 3 is 2.62 bits per heavy atom. The Morgan fingerprint density at radius 2 is 1.87 bits per heavy atom. The van der Waals surface area contributed by atoms with Gasteiger partial charge >= 0.3 is 6.09 Å². The Kier molecular flexibility index (Phi) is 9.64. The molecule has 9 heteroatoms. The van der Waals surface area contributed by atoms with Crippen LogP contribution in [0.3, 0.4) is 0 Å². The van der Waals surface area contributed by atoms with Gasteiger partial charge in [-0.25, -0.2) is 9.69 Å². The summed E-state index contributed by atoms with van der Waals surface area (Å²) in [6, 6.07) is 5.47. The van der Waals surface area contributed by atoms with E-state index < -0.39 is 29.1 Å². The van der Waals surface area contributed by atoms with Crippen molar-refractivity contribution in [2.45, 2.75) is 91.3 Å². The van der Waals surface area contributed by atoms with Crippen LogP contribution in [0.15, 0.2) is 30.9 Å². The lowest BCUT2D eigenvalue weighted by Crippen LogP contribution is -2.63. The molecule has 9 nitrogen and oxygen atoms in total. The molecule has 4 fully saturated rings. The number of benzene rings is 1. The first-order valence-corrected chi connectivity index (χ1v) is 17.9. The summed E-state index contributed by atoms with van der Waals surface area (Å²) in [6.07, 6.45) is 5.52. The summed E-state index contributed by atoms with van der Waals surface area (Å²) in [7, 11) is 0. The number of aliphatic hydroxyl groups is 1. The minimum Gasteiger partial charge on any atom is -0.494 e. The van der Waals surface area contributed by atoms with E-state index in [9.17, 15) is 19.5 Å². The third kappa shape index (κ3) is 5.95. The number of ketones is 1. The molecule has 2 bridgehead atoms. The Labute approximate surface area is 280 Å². The van der Waals surface area contributed by atoms with Gasteiger partial charge in [-0.3, -0.25) is 14.5 Å². The number of Topliss-reactive ketones (excluding diaryl/α,β-unsaturated/α-hetero) is 1. The second-order valence-electron chi connectivity index (χ2n) is 15.5. The van der Waals surface area contributed by atoms with Crippen molar-refractivity contribution in [2.75, 3.05) is 46.0 Å². The predicted molar refractivity (Wildman–Crippen MR) is 178 cm³/mol. The lowest BCUT2D eigenvalue weighted by molar-refractivity contribution is -0.192. The molecule has 2 amide bonds. The van der Waals surface area contributed by atoms with E-state index in [0.29, 0.717) is 31.4 Å². The van der Waals surface area contributed by atoms with Gasteiger partial charge in [-0.15, -0.1) is 6.58 Å². The number of aliphatic hydroxyl groups excluding tert-OH is 1. The van der Waals surface area contributed by atoms with Crippen LogP contribution in [-0.4, -0.2) is 90.9 Å². The maximum atomic E-state index is 14.0. The molecule has 8 atom stereocenters. The maximum Gasteiger partial charge on any atom is 0.417 e. The number of hydrogen-bond donors (Lipinski definition) is 1. The van der Waals surface area contributed by atoms with Crippen molar-refractivity contribution in [3.05, 3.63) is 42.0 Å². The Bertz CT molecular complexity index is 1380. The molecule has 1 aromatic rings. The highest BCUT2D eigenvalue weighted by molar-refractivity contribution is 6.05. The minimum absolute atomic E-state index is 0.102. The molecule has 2 aliphatic heterocycles. The summed E-state index contributed by atoms with van der Waals surface area (Å²) in [4.78, 5) is 45.0. The van der Waals surface area contributed by atoms with Crippen LogP contribution in [0, 0.1) is 34.0 Å². The molecule has 1 saturated heterocycles. The van der Waals surface area contributed by atoms with Crippen LogP contribution in [0.2, 0.25) is 0 Å². The minimum atomic E-state index is -0.739. The highest BCUT2D eigenvalue weighted by Gasteiger charge is 2.68. The first-order valence-electron chi connectivity index (χ1n) is 17.9. The SMILES string of the molecule is C=C[C@]1(C)C[C@@H](OC(=O)N2CCc3cc(OCCCCN4CCOCC4)ccc3C2=O)[C@]2(C)[C@H](C)CC[C@]3(CCC(=O)[C@H]32)[C@@H](C)[C@@H]1O. The van der Waals surface area contributed by atoms with Gasteiger partial charge in [-0.05, 0) is 92.5 Å². The van der Waals surface area contributed by atoms with E-state index >= 15 is 0 Å². The monoisotopic (exact) mass is 650 g/mol. The van der Waals surface area contributed by atoms with Crippen molar-refractivity contribution in [3.8, 4) is 5.75 Å². The first kappa shape index (κ1) is 34.1. The number of fused-ring (bicyclic) bond motifs is 1. The highest BCUT2D eigenvalue weighted by Crippen LogP contribution is 2.68. The summed E-state index contributed by atoms with van der Waals surface area (Å²) < 4.78 is 17.9. The zero-order valence-electron chi connectivity index (χ0n) is 28.8. The zero-order chi connectivity index (χ0) is 33.6. The maximum absolute atomic E-state index is 14.0. The number of amides is 2. The van der Waals surface area contributed by atoms with Crippen molar-refractivity contribution in [2.24, 2.45) is 34.0 Å². The molecular weight excluding hydrogens is 596 g/mol. The van der Waals surface area contributed by atoms with Crippen molar-refractivity contribution < 1.29 is 33.7 Å². The molecule has 0 unspecified atom stereocenters. The molecule has 6 rings (SSSR count). The third-order valence-corrected chi connectivity index (χ3v) is 13.2. The number of carbonyl (C=O) groups is 3. The second-order valence-corrected chi connectivity index (χ2v) is 15.5. The molecule has 0 radical (unpaired) electrons. The molecular formula is C38H54N2O7. The number of hydrogen-bond acceptors (Lipinski definition) is 8. The molecule has 1 N–H and O–H groups in total. The van der Waals surface area contributed by atoms with Crippen LogP contribution in [0.1, 0.15) is 88.6 Å².